The topological polar surface area (TPSA) is 29.5 Å². The molecule has 0 spiro atoms. The lowest BCUT2D eigenvalue weighted by Crippen LogP contribution is -2.45. The van der Waals surface area contributed by atoms with Crippen LogP contribution in [0.3, 0.4) is 0 Å². The number of aliphatic hydroxyl groups is 1. The lowest BCUT2D eigenvalue weighted by molar-refractivity contribution is -0.0253. The smallest absolute Gasteiger partial charge is 0.0641 e. The summed E-state index contributed by atoms with van der Waals surface area (Å²) in [7, 11) is 0. The van der Waals surface area contributed by atoms with Crippen molar-refractivity contribution in [2.75, 3.05) is 13.2 Å². The molecule has 2 heteroatoms. The quantitative estimate of drug-likeness (QED) is 0.853. The lowest BCUT2D eigenvalue weighted by atomic mass is 9.67. The Labute approximate surface area is 123 Å². The van der Waals surface area contributed by atoms with Crippen molar-refractivity contribution in [3.63, 3.8) is 0 Å². The van der Waals surface area contributed by atoms with Crippen LogP contribution in [0.4, 0.5) is 0 Å². The Morgan fingerprint density at radius 2 is 1.70 bits per heavy atom. The van der Waals surface area contributed by atoms with Gasteiger partial charge < -0.3 is 9.84 Å². The third-order valence-corrected chi connectivity index (χ3v) is 5.08. The molecule has 1 unspecified atom stereocenters. The third-order valence-electron chi connectivity index (χ3n) is 5.08. The number of benzene rings is 1. The van der Waals surface area contributed by atoms with Crippen LogP contribution in [0.1, 0.15) is 51.5 Å². The Bertz CT molecular complexity index is 378. The summed E-state index contributed by atoms with van der Waals surface area (Å²) < 4.78 is 5.54. The average Bonchev–Trinajstić information content (AvgIpc) is 2.53. The van der Waals surface area contributed by atoms with Crippen molar-refractivity contribution in [2.45, 2.75) is 57.5 Å². The normalized spacial score (nSPS) is 20.0. The molecule has 1 saturated heterocycles. The summed E-state index contributed by atoms with van der Waals surface area (Å²) in [6.07, 6.45) is 4.79. The van der Waals surface area contributed by atoms with Crippen molar-refractivity contribution in [1.82, 2.24) is 0 Å². The van der Waals surface area contributed by atoms with Gasteiger partial charge in [-0.25, -0.2) is 0 Å². The van der Waals surface area contributed by atoms with Crippen LogP contribution in [0, 0.1) is 5.92 Å². The van der Waals surface area contributed by atoms with E-state index in [4.69, 9.17) is 4.74 Å². The van der Waals surface area contributed by atoms with E-state index in [1.54, 1.807) is 0 Å². The largest absolute Gasteiger partial charge is 0.392 e. The highest BCUT2D eigenvalue weighted by atomic mass is 16.5. The summed E-state index contributed by atoms with van der Waals surface area (Å²) in [6, 6.07) is 10.5. The van der Waals surface area contributed by atoms with Crippen molar-refractivity contribution in [1.29, 1.82) is 0 Å². The van der Waals surface area contributed by atoms with Gasteiger partial charge in [0, 0.05) is 18.6 Å². The molecular formula is C18H28O2. The van der Waals surface area contributed by atoms with E-state index in [-0.39, 0.29) is 11.5 Å². The molecule has 1 aliphatic heterocycles. The van der Waals surface area contributed by atoms with Crippen LogP contribution >= 0.6 is 0 Å². The fraction of sp³-hybridized carbons (Fsp3) is 0.667. The maximum Gasteiger partial charge on any atom is 0.0641 e. The first kappa shape index (κ1) is 15.5. The van der Waals surface area contributed by atoms with Gasteiger partial charge in [-0.2, -0.15) is 0 Å². The van der Waals surface area contributed by atoms with E-state index in [9.17, 15) is 5.11 Å². The van der Waals surface area contributed by atoms with Crippen molar-refractivity contribution >= 4 is 0 Å². The zero-order valence-corrected chi connectivity index (χ0v) is 12.8. The molecule has 1 aromatic carbocycles. The third kappa shape index (κ3) is 3.24. The highest BCUT2D eigenvalue weighted by molar-refractivity contribution is 5.27. The highest BCUT2D eigenvalue weighted by Gasteiger charge is 2.41. The van der Waals surface area contributed by atoms with Gasteiger partial charge in [0.2, 0.25) is 0 Å². The zero-order chi connectivity index (χ0) is 14.4. The van der Waals surface area contributed by atoms with Crippen LogP contribution in [0.5, 0.6) is 0 Å². The molecule has 1 heterocycles. The van der Waals surface area contributed by atoms with Crippen LogP contribution in [0.25, 0.3) is 0 Å². The second kappa shape index (κ2) is 7.24. The maximum absolute atomic E-state index is 11.0. The van der Waals surface area contributed by atoms with Gasteiger partial charge in [0.1, 0.15) is 0 Å². The van der Waals surface area contributed by atoms with Gasteiger partial charge in [-0.1, -0.05) is 57.0 Å². The first-order valence-electron chi connectivity index (χ1n) is 8.04. The maximum atomic E-state index is 11.0. The summed E-state index contributed by atoms with van der Waals surface area (Å²) in [6.45, 7) is 5.96. The van der Waals surface area contributed by atoms with Gasteiger partial charge in [-0.05, 0) is 30.7 Å². The molecule has 0 aromatic heterocycles. The van der Waals surface area contributed by atoms with E-state index in [0.717, 1.165) is 45.3 Å². The number of hydrogen-bond acceptors (Lipinski definition) is 2. The molecule has 2 rings (SSSR count). The summed E-state index contributed by atoms with van der Waals surface area (Å²) in [5.41, 5.74) is 1.17. The number of aliphatic hydroxyl groups excluding tert-OH is 1. The zero-order valence-electron chi connectivity index (χ0n) is 12.8. The predicted octanol–water partition coefficient (Wildman–Crippen LogP) is 3.92. The molecule has 112 valence electrons. The summed E-state index contributed by atoms with van der Waals surface area (Å²) in [5.74, 6) is 0.619. The summed E-state index contributed by atoms with van der Waals surface area (Å²) >= 11 is 0. The van der Waals surface area contributed by atoms with E-state index in [2.05, 4.69) is 38.1 Å². The molecule has 20 heavy (non-hydrogen) atoms. The fourth-order valence-corrected chi connectivity index (χ4v) is 3.48. The van der Waals surface area contributed by atoms with Gasteiger partial charge in [0.25, 0.3) is 0 Å². The minimum atomic E-state index is -0.265. The monoisotopic (exact) mass is 276 g/mol. The van der Waals surface area contributed by atoms with Gasteiger partial charge in [0.05, 0.1) is 6.10 Å². The van der Waals surface area contributed by atoms with E-state index < -0.39 is 0 Å². The van der Waals surface area contributed by atoms with E-state index in [1.165, 1.54) is 5.56 Å². The molecule has 0 radical (unpaired) electrons. The van der Waals surface area contributed by atoms with Crippen LogP contribution in [0.15, 0.2) is 30.3 Å². The summed E-state index contributed by atoms with van der Waals surface area (Å²) in [4.78, 5) is 0. The van der Waals surface area contributed by atoms with Gasteiger partial charge in [-0.15, -0.1) is 0 Å². The van der Waals surface area contributed by atoms with Crippen molar-refractivity contribution in [3.8, 4) is 0 Å². The second-order valence-corrected chi connectivity index (χ2v) is 6.07. The Balaban J connectivity index is 2.23. The first-order valence-corrected chi connectivity index (χ1v) is 8.04. The first-order chi connectivity index (χ1) is 9.73. The van der Waals surface area contributed by atoms with E-state index in [1.807, 2.05) is 6.07 Å². The van der Waals surface area contributed by atoms with E-state index in [0.29, 0.717) is 5.92 Å². The van der Waals surface area contributed by atoms with Crippen LogP contribution < -0.4 is 0 Å². The van der Waals surface area contributed by atoms with E-state index >= 15 is 0 Å². The molecular weight excluding hydrogens is 248 g/mol. The molecule has 1 aliphatic rings. The van der Waals surface area contributed by atoms with Crippen molar-refractivity contribution in [3.05, 3.63) is 35.9 Å². The number of rotatable bonds is 6. The van der Waals surface area contributed by atoms with Gasteiger partial charge in [0.15, 0.2) is 0 Å². The van der Waals surface area contributed by atoms with Crippen LogP contribution in [-0.2, 0) is 10.2 Å². The molecule has 0 bridgehead atoms. The fourth-order valence-electron chi connectivity index (χ4n) is 3.48. The Kier molecular flexibility index (Phi) is 5.62. The second-order valence-electron chi connectivity index (χ2n) is 6.07. The molecule has 1 atom stereocenters. The molecule has 0 aliphatic carbocycles. The molecule has 0 amide bonds. The van der Waals surface area contributed by atoms with Crippen molar-refractivity contribution < 1.29 is 9.84 Å². The predicted molar refractivity (Wildman–Crippen MR) is 82.9 cm³/mol. The minimum absolute atomic E-state index is 0.109. The highest BCUT2D eigenvalue weighted by Crippen LogP contribution is 2.40. The SMILES string of the molecule is CCC(CC)CC(O)C1(c2ccccc2)CCOCC1. The Morgan fingerprint density at radius 3 is 2.25 bits per heavy atom. The van der Waals surface area contributed by atoms with Gasteiger partial charge >= 0.3 is 0 Å². The van der Waals surface area contributed by atoms with Crippen LogP contribution in [0.2, 0.25) is 0 Å². The molecule has 0 saturated carbocycles. The minimum Gasteiger partial charge on any atom is -0.392 e. The standard InChI is InChI=1S/C18H28O2/c1-3-15(4-2)14-17(19)18(10-12-20-13-11-18)16-8-6-5-7-9-16/h5-9,15,17,19H,3-4,10-14H2,1-2H3. The molecule has 2 nitrogen and oxygen atoms in total. The molecule has 1 N–H and O–H groups in total. The average molecular weight is 276 g/mol. The number of ether oxygens (including phenoxy) is 1. The Morgan fingerprint density at radius 1 is 1.10 bits per heavy atom. The lowest BCUT2D eigenvalue weighted by Gasteiger charge is -2.42. The van der Waals surface area contributed by atoms with Crippen molar-refractivity contribution in [2.24, 2.45) is 5.92 Å². The van der Waals surface area contributed by atoms with Crippen LogP contribution in [-0.4, -0.2) is 24.4 Å². The molecule has 1 fully saturated rings. The Hall–Kier alpha value is -0.860. The van der Waals surface area contributed by atoms with Gasteiger partial charge in [-0.3, -0.25) is 0 Å². The number of hydrogen-bond donors (Lipinski definition) is 1. The summed E-state index contributed by atoms with van der Waals surface area (Å²) in [5, 5.41) is 11.0. The molecule has 1 aromatic rings.